The highest BCUT2D eigenvalue weighted by Crippen LogP contribution is 2.21. The van der Waals surface area contributed by atoms with Crippen molar-refractivity contribution in [2.75, 3.05) is 17.1 Å². The normalized spacial score (nSPS) is 10.9. The number of amides is 1. The lowest BCUT2D eigenvalue weighted by molar-refractivity contribution is 0.102. The lowest BCUT2D eigenvalue weighted by atomic mass is 10.2. The van der Waals surface area contributed by atoms with Gasteiger partial charge in [-0.05, 0) is 66.7 Å². The van der Waals surface area contributed by atoms with E-state index in [1.165, 1.54) is 30.3 Å². The van der Waals surface area contributed by atoms with Crippen molar-refractivity contribution in [1.29, 1.82) is 0 Å². The number of methoxy groups -OCH3 is 1. The SMILES string of the molecule is COc1ccc(C(=O)Nc2ccc(S(=O)(=O)Nc3cccc(Cl)c3)cc2)cc1. The zero-order valence-corrected chi connectivity index (χ0v) is 16.4. The molecule has 0 aliphatic carbocycles. The van der Waals surface area contributed by atoms with Crippen LogP contribution in [0.5, 0.6) is 5.75 Å². The number of sulfonamides is 1. The topological polar surface area (TPSA) is 84.5 Å². The largest absolute Gasteiger partial charge is 0.497 e. The summed E-state index contributed by atoms with van der Waals surface area (Å²) in [7, 11) is -2.22. The number of hydrogen-bond acceptors (Lipinski definition) is 4. The fraction of sp³-hybridized carbons (Fsp3) is 0.0500. The van der Waals surface area contributed by atoms with Gasteiger partial charge in [-0.25, -0.2) is 8.42 Å². The standard InChI is InChI=1S/C20H17ClN2O4S/c1-27-18-9-5-14(6-10-18)20(24)22-16-7-11-19(12-8-16)28(25,26)23-17-4-2-3-15(21)13-17/h2-13,23H,1H3,(H,22,24). The van der Waals surface area contributed by atoms with Crippen LogP contribution in [0.1, 0.15) is 10.4 Å². The van der Waals surface area contributed by atoms with Crippen LogP contribution in [0, 0.1) is 0 Å². The Morgan fingerprint density at radius 2 is 1.61 bits per heavy atom. The van der Waals surface area contributed by atoms with Crippen molar-refractivity contribution in [3.8, 4) is 5.75 Å². The van der Waals surface area contributed by atoms with Gasteiger partial charge in [-0.2, -0.15) is 0 Å². The lowest BCUT2D eigenvalue weighted by Gasteiger charge is -2.10. The van der Waals surface area contributed by atoms with E-state index in [2.05, 4.69) is 10.0 Å². The zero-order chi connectivity index (χ0) is 20.1. The maximum absolute atomic E-state index is 12.5. The van der Waals surface area contributed by atoms with Crippen LogP contribution in [-0.2, 0) is 10.0 Å². The summed E-state index contributed by atoms with van der Waals surface area (Å²) in [5.41, 5.74) is 1.30. The third kappa shape index (κ3) is 4.82. The average Bonchev–Trinajstić information content (AvgIpc) is 2.68. The summed E-state index contributed by atoms with van der Waals surface area (Å²) >= 11 is 5.87. The fourth-order valence-electron chi connectivity index (χ4n) is 2.43. The van der Waals surface area contributed by atoms with Crippen LogP contribution in [0.3, 0.4) is 0 Å². The molecule has 0 spiro atoms. The van der Waals surface area contributed by atoms with E-state index < -0.39 is 10.0 Å². The van der Waals surface area contributed by atoms with Gasteiger partial charge in [-0.3, -0.25) is 9.52 Å². The van der Waals surface area contributed by atoms with Gasteiger partial charge in [0.15, 0.2) is 0 Å². The third-order valence-corrected chi connectivity index (χ3v) is 5.48. The van der Waals surface area contributed by atoms with Crippen molar-refractivity contribution < 1.29 is 17.9 Å². The third-order valence-electron chi connectivity index (χ3n) is 3.85. The molecule has 0 radical (unpaired) electrons. The van der Waals surface area contributed by atoms with E-state index in [4.69, 9.17) is 16.3 Å². The number of carbonyl (C=O) groups is 1. The van der Waals surface area contributed by atoms with E-state index >= 15 is 0 Å². The number of ether oxygens (including phenoxy) is 1. The molecule has 28 heavy (non-hydrogen) atoms. The predicted octanol–water partition coefficient (Wildman–Crippen LogP) is 4.40. The number of benzene rings is 3. The molecule has 8 heteroatoms. The summed E-state index contributed by atoms with van der Waals surface area (Å²) in [6, 6.07) is 18.9. The molecular formula is C20H17ClN2O4S. The second-order valence-corrected chi connectivity index (χ2v) is 7.94. The summed E-state index contributed by atoms with van der Waals surface area (Å²) < 4.78 is 32.5. The van der Waals surface area contributed by atoms with Gasteiger partial charge in [0.2, 0.25) is 0 Å². The number of halogens is 1. The molecule has 0 atom stereocenters. The monoisotopic (exact) mass is 416 g/mol. The molecular weight excluding hydrogens is 400 g/mol. The molecule has 0 aliphatic heterocycles. The number of anilines is 2. The van der Waals surface area contributed by atoms with Crippen molar-refractivity contribution in [2.45, 2.75) is 4.90 Å². The van der Waals surface area contributed by atoms with E-state index in [-0.39, 0.29) is 10.8 Å². The van der Waals surface area contributed by atoms with Crippen LogP contribution in [0.25, 0.3) is 0 Å². The van der Waals surface area contributed by atoms with Gasteiger partial charge in [0, 0.05) is 16.3 Å². The Balaban J connectivity index is 1.70. The first kappa shape index (κ1) is 19.7. The van der Waals surface area contributed by atoms with Crippen LogP contribution in [0.15, 0.2) is 77.7 Å². The maximum Gasteiger partial charge on any atom is 0.261 e. The lowest BCUT2D eigenvalue weighted by Crippen LogP contribution is -2.14. The van der Waals surface area contributed by atoms with E-state index in [1.54, 1.807) is 49.6 Å². The van der Waals surface area contributed by atoms with E-state index in [0.29, 0.717) is 27.7 Å². The molecule has 0 fully saturated rings. The number of rotatable bonds is 6. The predicted molar refractivity (Wildman–Crippen MR) is 110 cm³/mol. The maximum atomic E-state index is 12.5. The Bertz CT molecular complexity index is 1080. The number of hydrogen-bond donors (Lipinski definition) is 2. The Kier molecular flexibility index (Phi) is 5.87. The van der Waals surface area contributed by atoms with Crippen LogP contribution in [-0.4, -0.2) is 21.4 Å². The smallest absolute Gasteiger partial charge is 0.261 e. The number of carbonyl (C=O) groups excluding carboxylic acids is 1. The minimum atomic E-state index is -3.77. The number of nitrogens with one attached hydrogen (secondary N) is 2. The Labute approximate surface area is 168 Å². The van der Waals surface area contributed by atoms with Gasteiger partial charge in [-0.1, -0.05) is 17.7 Å². The molecule has 0 saturated heterocycles. The summed E-state index contributed by atoms with van der Waals surface area (Å²) in [6.07, 6.45) is 0. The fourth-order valence-corrected chi connectivity index (χ4v) is 3.67. The van der Waals surface area contributed by atoms with Gasteiger partial charge >= 0.3 is 0 Å². The van der Waals surface area contributed by atoms with Gasteiger partial charge in [-0.15, -0.1) is 0 Å². The average molecular weight is 417 g/mol. The molecule has 6 nitrogen and oxygen atoms in total. The van der Waals surface area contributed by atoms with Crippen LogP contribution >= 0.6 is 11.6 Å². The van der Waals surface area contributed by atoms with E-state index in [0.717, 1.165) is 0 Å². The Morgan fingerprint density at radius 3 is 2.21 bits per heavy atom. The van der Waals surface area contributed by atoms with Crippen molar-refractivity contribution in [3.05, 3.63) is 83.4 Å². The second-order valence-electron chi connectivity index (χ2n) is 5.82. The first-order chi connectivity index (χ1) is 13.4. The molecule has 0 bridgehead atoms. The highest BCUT2D eigenvalue weighted by molar-refractivity contribution is 7.92. The first-order valence-electron chi connectivity index (χ1n) is 8.21. The zero-order valence-electron chi connectivity index (χ0n) is 14.8. The van der Waals surface area contributed by atoms with E-state index in [1.807, 2.05) is 0 Å². The van der Waals surface area contributed by atoms with Crippen molar-refractivity contribution in [1.82, 2.24) is 0 Å². The first-order valence-corrected chi connectivity index (χ1v) is 10.1. The van der Waals surface area contributed by atoms with Crippen LogP contribution in [0.4, 0.5) is 11.4 Å². The summed E-state index contributed by atoms with van der Waals surface area (Å²) in [5, 5.41) is 3.15. The minimum absolute atomic E-state index is 0.0647. The van der Waals surface area contributed by atoms with Crippen molar-refractivity contribution in [3.63, 3.8) is 0 Å². The highest BCUT2D eigenvalue weighted by Gasteiger charge is 2.15. The van der Waals surface area contributed by atoms with Gasteiger partial charge in [0.05, 0.1) is 17.7 Å². The molecule has 144 valence electrons. The summed E-state index contributed by atoms with van der Waals surface area (Å²) in [5.74, 6) is 0.341. The van der Waals surface area contributed by atoms with Gasteiger partial charge < -0.3 is 10.1 Å². The highest BCUT2D eigenvalue weighted by atomic mass is 35.5. The van der Waals surface area contributed by atoms with Gasteiger partial charge in [0.25, 0.3) is 15.9 Å². The van der Waals surface area contributed by atoms with Crippen LogP contribution in [0.2, 0.25) is 5.02 Å². The molecule has 3 rings (SSSR count). The van der Waals surface area contributed by atoms with Crippen LogP contribution < -0.4 is 14.8 Å². The Hall–Kier alpha value is -3.03. The molecule has 3 aromatic rings. The molecule has 0 unspecified atom stereocenters. The minimum Gasteiger partial charge on any atom is -0.497 e. The molecule has 2 N–H and O–H groups in total. The molecule has 0 heterocycles. The quantitative estimate of drug-likeness (QED) is 0.623. The molecule has 0 aliphatic rings. The van der Waals surface area contributed by atoms with Gasteiger partial charge in [0.1, 0.15) is 5.75 Å². The molecule has 3 aromatic carbocycles. The van der Waals surface area contributed by atoms with E-state index in [9.17, 15) is 13.2 Å². The van der Waals surface area contributed by atoms with Crippen molar-refractivity contribution >= 4 is 38.9 Å². The summed E-state index contributed by atoms with van der Waals surface area (Å²) in [6.45, 7) is 0. The molecule has 0 aromatic heterocycles. The molecule has 0 saturated carbocycles. The second kappa shape index (κ2) is 8.33. The Morgan fingerprint density at radius 1 is 0.929 bits per heavy atom. The van der Waals surface area contributed by atoms with Crippen molar-refractivity contribution in [2.24, 2.45) is 0 Å². The molecule has 1 amide bonds. The summed E-state index contributed by atoms with van der Waals surface area (Å²) in [4.78, 5) is 12.3.